The van der Waals surface area contributed by atoms with Gasteiger partial charge in [0.15, 0.2) is 6.10 Å². The molecule has 0 spiro atoms. The monoisotopic (exact) mass is 387 g/mol. The molecule has 0 bridgehead atoms. The fourth-order valence-electron chi connectivity index (χ4n) is 2.75. The summed E-state index contributed by atoms with van der Waals surface area (Å²) in [7, 11) is 1.50. The van der Waals surface area contributed by atoms with Gasteiger partial charge in [0.05, 0.1) is 18.8 Å². The van der Waals surface area contributed by atoms with Crippen molar-refractivity contribution in [1.82, 2.24) is 10.6 Å². The molecule has 2 aromatic carbocycles. The van der Waals surface area contributed by atoms with Gasteiger partial charge in [0.1, 0.15) is 5.75 Å². The molecule has 0 unspecified atom stereocenters. The van der Waals surface area contributed by atoms with Crippen molar-refractivity contribution in [2.24, 2.45) is 0 Å². The summed E-state index contributed by atoms with van der Waals surface area (Å²) in [6, 6.07) is 13.4. The lowest BCUT2D eigenvalue weighted by molar-refractivity contribution is -0.127. The van der Waals surface area contributed by atoms with Crippen LogP contribution in [0.15, 0.2) is 48.5 Å². The van der Waals surface area contributed by atoms with Gasteiger partial charge in [0.2, 0.25) is 5.91 Å². The van der Waals surface area contributed by atoms with Crippen LogP contribution in [0.4, 0.5) is 5.69 Å². The van der Waals surface area contributed by atoms with Gasteiger partial charge < -0.3 is 20.3 Å². The number of fused-ring (bicyclic) bond motifs is 1. The molecule has 7 nitrogen and oxygen atoms in total. The number of rotatable bonds is 4. The zero-order valence-electron chi connectivity index (χ0n) is 14.6. The first-order chi connectivity index (χ1) is 13.0. The third-order valence-corrected chi connectivity index (χ3v) is 4.34. The summed E-state index contributed by atoms with van der Waals surface area (Å²) >= 11 is 5.88. The lowest BCUT2D eigenvalue weighted by atomic mass is 10.1. The molecule has 27 heavy (non-hydrogen) atoms. The molecule has 1 atom stereocenters. The predicted octanol–water partition coefficient (Wildman–Crippen LogP) is 1.61. The second-order valence-electron chi connectivity index (χ2n) is 5.89. The molecule has 0 saturated heterocycles. The SMILES string of the molecule is CNC(=O)[C@H]1CN(C(=O)CNC(=O)c2cccc(Cl)c2)c2ccccc2O1. The molecule has 0 aromatic heterocycles. The van der Waals surface area contributed by atoms with E-state index in [2.05, 4.69) is 10.6 Å². The molecule has 3 rings (SSSR count). The Morgan fingerprint density at radius 2 is 1.96 bits per heavy atom. The number of ether oxygens (including phenoxy) is 1. The predicted molar refractivity (Wildman–Crippen MR) is 101 cm³/mol. The summed E-state index contributed by atoms with van der Waals surface area (Å²) in [4.78, 5) is 38.4. The number of likely N-dealkylation sites (N-methyl/N-ethyl adjacent to an activating group) is 1. The number of carbonyl (C=O) groups is 3. The second-order valence-corrected chi connectivity index (χ2v) is 6.32. The Morgan fingerprint density at radius 1 is 1.19 bits per heavy atom. The van der Waals surface area contributed by atoms with Crippen LogP contribution in [-0.4, -0.2) is 44.0 Å². The molecule has 0 aliphatic carbocycles. The maximum atomic E-state index is 12.7. The molecule has 1 aliphatic rings. The quantitative estimate of drug-likeness (QED) is 0.834. The fourth-order valence-corrected chi connectivity index (χ4v) is 2.94. The fraction of sp³-hybridized carbons (Fsp3) is 0.211. The Labute approximate surface area is 161 Å². The van der Waals surface area contributed by atoms with Crippen LogP contribution >= 0.6 is 11.6 Å². The molecule has 0 radical (unpaired) electrons. The normalized spacial score (nSPS) is 15.3. The summed E-state index contributed by atoms with van der Waals surface area (Å²) in [6.07, 6.45) is -0.822. The molecule has 0 fully saturated rings. The number of nitrogens with one attached hydrogen (secondary N) is 2. The molecular weight excluding hydrogens is 370 g/mol. The Hall–Kier alpha value is -3.06. The summed E-state index contributed by atoms with van der Waals surface area (Å²) in [6.45, 7) is -0.164. The maximum Gasteiger partial charge on any atom is 0.262 e. The van der Waals surface area contributed by atoms with Gasteiger partial charge in [-0.15, -0.1) is 0 Å². The van der Waals surface area contributed by atoms with Crippen molar-refractivity contribution in [1.29, 1.82) is 0 Å². The molecule has 8 heteroatoms. The zero-order chi connectivity index (χ0) is 19.4. The summed E-state index contributed by atoms with van der Waals surface area (Å²) < 4.78 is 5.67. The Kier molecular flexibility index (Phi) is 5.61. The van der Waals surface area contributed by atoms with Gasteiger partial charge in [-0.2, -0.15) is 0 Å². The van der Waals surface area contributed by atoms with Gasteiger partial charge in [0.25, 0.3) is 11.8 Å². The number of benzene rings is 2. The number of para-hydroxylation sites is 2. The average molecular weight is 388 g/mol. The van der Waals surface area contributed by atoms with E-state index in [1.165, 1.54) is 18.0 Å². The lowest BCUT2D eigenvalue weighted by Crippen LogP contribution is -2.52. The van der Waals surface area contributed by atoms with E-state index in [1.54, 1.807) is 42.5 Å². The molecule has 1 aliphatic heterocycles. The van der Waals surface area contributed by atoms with E-state index >= 15 is 0 Å². The van der Waals surface area contributed by atoms with Crippen LogP contribution in [0.25, 0.3) is 0 Å². The highest BCUT2D eigenvalue weighted by Crippen LogP contribution is 2.33. The molecule has 2 N–H and O–H groups in total. The smallest absolute Gasteiger partial charge is 0.262 e. The molecular formula is C19H18ClN3O4. The third-order valence-electron chi connectivity index (χ3n) is 4.10. The van der Waals surface area contributed by atoms with Crippen molar-refractivity contribution < 1.29 is 19.1 Å². The largest absolute Gasteiger partial charge is 0.477 e. The van der Waals surface area contributed by atoms with Crippen molar-refractivity contribution in [2.75, 3.05) is 25.0 Å². The van der Waals surface area contributed by atoms with Crippen LogP contribution in [0.3, 0.4) is 0 Å². The van der Waals surface area contributed by atoms with Crippen LogP contribution in [0, 0.1) is 0 Å². The van der Waals surface area contributed by atoms with E-state index < -0.39 is 12.0 Å². The Bertz CT molecular complexity index is 887. The van der Waals surface area contributed by atoms with Gasteiger partial charge in [-0.25, -0.2) is 0 Å². The topological polar surface area (TPSA) is 87.7 Å². The molecule has 2 aromatic rings. The minimum absolute atomic E-state index is 0.0581. The van der Waals surface area contributed by atoms with Crippen molar-refractivity contribution in [2.45, 2.75) is 6.10 Å². The van der Waals surface area contributed by atoms with Gasteiger partial charge >= 0.3 is 0 Å². The van der Waals surface area contributed by atoms with Crippen LogP contribution in [0.5, 0.6) is 5.75 Å². The van der Waals surface area contributed by atoms with Crippen molar-refractivity contribution in [3.63, 3.8) is 0 Å². The minimum Gasteiger partial charge on any atom is -0.477 e. The molecule has 1 heterocycles. The number of hydrogen-bond donors (Lipinski definition) is 2. The summed E-state index contributed by atoms with van der Waals surface area (Å²) in [5.74, 6) is -0.651. The van der Waals surface area contributed by atoms with Gasteiger partial charge in [-0.3, -0.25) is 14.4 Å². The molecule has 0 saturated carbocycles. The van der Waals surface area contributed by atoms with Crippen molar-refractivity contribution in [3.8, 4) is 5.75 Å². The van der Waals surface area contributed by atoms with Crippen LogP contribution in [0.2, 0.25) is 5.02 Å². The first-order valence-corrected chi connectivity index (χ1v) is 8.69. The first-order valence-electron chi connectivity index (χ1n) is 8.31. The van der Waals surface area contributed by atoms with Gasteiger partial charge in [0, 0.05) is 17.6 Å². The number of nitrogens with zero attached hydrogens (tertiary/aromatic N) is 1. The maximum absolute atomic E-state index is 12.7. The molecule has 3 amide bonds. The average Bonchev–Trinajstić information content (AvgIpc) is 2.70. The standard InChI is InChI=1S/C19H18ClN3O4/c1-21-19(26)16-11-23(14-7-2-3-8-15(14)27-16)17(24)10-22-18(25)12-5-4-6-13(20)9-12/h2-9,16H,10-11H2,1H3,(H,21,26)(H,22,25)/t16-/m1/s1. The minimum atomic E-state index is -0.822. The van der Waals surface area contributed by atoms with E-state index in [9.17, 15) is 14.4 Å². The third kappa shape index (κ3) is 4.20. The van der Waals surface area contributed by atoms with Gasteiger partial charge in [-0.05, 0) is 30.3 Å². The van der Waals surface area contributed by atoms with E-state index in [-0.39, 0.29) is 24.9 Å². The first kappa shape index (κ1) is 18.7. The highest BCUT2D eigenvalue weighted by Gasteiger charge is 2.33. The van der Waals surface area contributed by atoms with E-state index in [4.69, 9.17) is 16.3 Å². The Morgan fingerprint density at radius 3 is 2.70 bits per heavy atom. The van der Waals surface area contributed by atoms with Crippen LogP contribution in [-0.2, 0) is 9.59 Å². The van der Waals surface area contributed by atoms with E-state index in [0.29, 0.717) is 22.0 Å². The van der Waals surface area contributed by atoms with Crippen LogP contribution < -0.4 is 20.3 Å². The second kappa shape index (κ2) is 8.09. The van der Waals surface area contributed by atoms with E-state index in [1.807, 2.05) is 0 Å². The highest BCUT2D eigenvalue weighted by molar-refractivity contribution is 6.31. The van der Waals surface area contributed by atoms with Crippen molar-refractivity contribution >= 4 is 35.0 Å². The summed E-state index contributed by atoms with van der Waals surface area (Å²) in [5, 5.41) is 5.53. The van der Waals surface area contributed by atoms with E-state index in [0.717, 1.165) is 0 Å². The number of halogens is 1. The van der Waals surface area contributed by atoms with Gasteiger partial charge in [-0.1, -0.05) is 29.8 Å². The molecule has 140 valence electrons. The number of hydrogen-bond acceptors (Lipinski definition) is 4. The number of anilines is 1. The lowest BCUT2D eigenvalue weighted by Gasteiger charge is -2.34. The van der Waals surface area contributed by atoms with Crippen molar-refractivity contribution in [3.05, 3.63) is 59.1 Å². The number of carbonyl (C=O) groups excluding carboxylic acids is 3. The van der Waals surface area contributed by atoms with Crippen LogP contribution in [0.1, 0.15) is 10.4 Å². The number of amides is 3. The summed E-state index contributed by atoms with van der Waals surface area (Å²) in [5.41, 5.74) is 0.917. The Balaban J connectivity index is 1.73. The zero-order valence-corrected chi connectivity index (χ0v) is 15.3. The highest BCUT2D eigenvalue weighted by atomic mass is 35.5.